The zero-order valence-corrected chi connectivity index (χ0v) is 7.93. The van der Waals surface area contributed by atoms with Crippen molar-refractivity contribution < 1.29 is 0 Å². The van der Waals surface area contributed by atoms with E-state index in [0.29, 0.717) is 6.04 Å². The Hall–Kier alpha value is -0.470. The summed E-state index contributed by atoms with van der Waals surface area (Å²) in [5, 5.41) is 4.26. The highest BCUT2D eigenvalue weighted by molar-refractivity contribution is 6.29. The fraction of sp³-hybridized carbons (Fsp3) is 0.556. The lowest BCUT2D eigenvalue weighted by atomic mass is 10.1. The van der Waals surface area contributed by atoms with Crippen molar-refractivity contribution in [2.24, 2.45) is 7.05 Å². The van der Waals surface area contributed by atoms with E-state index in [1.54, 1.807) is 0 Å². The van der Waals surface area contributed by atoms with E-state index in [4.69, 9.17) is 11.6 Å². The van der Waals surface area contributed by atoms with Gasteiger partial charge in [0, 0.05) is 19.3 Å². The maximum atomic E-state index is 5.94. The SMILES string of the molecule is Cn1cc(C2CCCN2)cc1Cl. The van der Waals surface area contributed by atoms with E-state index >= 15 is 0 Å². The van der Waals surface area contributed by atoms with Gasteiger partial charge in [0.25, 0.3) is 0 Å². The minimum atomic E-state index is 0.531. The minimum absolute atomic E-state index is 0.531. The summed E-state index contributed by atoms with van der Waals surface area (Å²) in [5.41, 5.74) is 1.32. The molecule has 66 valence electrons. The summed E-state index contributed by atoms with van der Waals surface area (Å²) in [4.78, 5) is 0. The first-order valence-electron chi connectivity index (χ1n) is 4.32. The number of nitrogens with one attached hydrogen (secondary N) is 1. The normalized spacial score (nSPS) is 23.3. The molecule has 0 aromatic carbocycles. The Morgan fingerprint density at radius 3 is 3.00 bits per heavy atom. The average molecular weight is 185 g/mol. The van der Waals surface area contributed by atoms with Crippen LogP contribution >= 0.6 is 11.6 Å². The van der Waals surface area contributed by atoms with Crippen molar-refractivity contribution in [1.82, 2.24) is 9.88 Å². The molecule has 1 aliphatic heterocycles. The predicted octanol–water partition coefficient (Wildman–Crippen LogP) is 2.10. The third-order valence-corrected chi connectivity index (χ3v) is 2.80. The third-order valence-electron chi connectivity index (χ3n) is 2.43. The molecule has 1 atom stereocenters. The lowest BCUT2D eigenvalue weighted by Gasteiger charge is -2.05. The van der Waals surface area contributed by atoms with Crippen LogP contribution in [0.3, 0.4) is 0 Å². The molecule has 0 bridgehead atoms. The van der Waals surface area contributed by atoms with Crippen LogP contribution in [0.2, 0.25) is 5.15 Å². The van der Waals surface area contributed by atoms with Crippen molar-refractivity contribution in [3.8, 4) is 0 Å². The van der Waals surface area contributed by atoms with E-state index in [1.807, 2.05) is 17.7 Å². The first kappa shape index (κ1) is 8.14. The van der Waals surface area contributed by atoms with Crippen molar-refractivity contribution in [3.05, 3.63) is 23.0 Å². The van der Waals surface area contributed by atoms with Crippen LogP contribution in [0.1, 0.15) is 24.4 Å². The van der Waals surface area contributed by atoms with Gasteiger partial charge in [-0.25, -0.2) is 0 Å². The van der Waals surface area contributed by atoms with Crippen LogP contribution in [0, 0.1) is 0 Å². The van der Waals surface area contributed by atoms with Crippen LogP contribution in [0.25, 0.3) is 0 Å². The van der Waals surface area contributed by atoms with Gasteiger partial charge in [-0.3, -0.25) is 0 Å². The molecule has 12 heavy (non-hydrogen) atoms. The van der Waals surface area contributed by atoms with E-state index in [0.717, 1.165) is 11.7 Å². The van der Waals surface area contributed by atoms with Crippen molar-refractivity contribution in [2.45, 2.75) is 18.9 Å². The molecule has 1 aliphatic rings. The van der Waals surface area contributed by atoms with Gasteiger partial charge in [-0.05, 0) is 31.0 Å². The molecule has 0 aliphatic carbocycles. The van der Waals surface area contributed by atoms with Crippen LogP contribution in [0.4, 0.5) is 0 Å². The Kier molecular flexibility index (Phi) is 2.11. The number of aromatic nitrogens is 1. The molecule has 2 rings (SSSR count). The number of halogens is 1. The zero-order chi connectivity index (χ0) is 8.55. The molecular formula is C9H13ClN2. The molecule has 1 fully saturated rings. The fourth-order valence-electron chi connectivity index (χ4n) is 1.72. The highest BCUT2D eigenvalue weighted by Gasteiger charge is 2.17. The molecule has 0 saturated carbocycles. The Bertz CT molecular complexity index is 255. The maximum Gasteiger partial charge on any atom is 0.108 e. The molecule has 3 heteroatoms. The largest absolute Gasteiger partial charge is 0.342 e. The summed E-state index contributed by atoms with van der Waals surface area (Å²) >= 11 is 5.94. The zero-order valence-electron chi connectivity index (χ0n) is 7.18. The lowest BCUT2D eigenvalue weighted by Crippen LogP contribution is -2.11. The maximum absolute atomic E-state index is 5.94. The summed E-state index contributed by atoms with van der Waals surface area (Å²) in [7, 11) is 1.97. The summed E-state index contributed by atoms with van der Waals surface area (Å²) < 4.78 is 1.96. The standard InChI is InChI=1S/C9H13ClN2/c1-12-6-7(5-9(12)10)8-3-2-4-11-8/h5-6,8,11H,2-4H2,1H3. The van der Waals surface area contributed by atoms with Gasteiger partial charge < -0.3 is 9.88 Å². The molecule has 1 aromatic rings. The molecule has 2 nitrogen and oxygen atoms in total. The van der Waals surface area contributed by atoms with Gasteiger partial charge in [0.2, 0.25) is 0 Å². The van der Waals surface area contributed by atoms with E-state index < -0.39 is 0 Å². The van der Waals surface area contributed by atoms with Crippen molar-refractivity contribution in [1.29, 1.82) is 0 Å². The Morgan fingerprint density at radius 2 is 2.50 bits per heavy atom. The highest BCUT2D eigenvalue weighted by Crippen LogP contribution is 2.25. The van der Waals surface area contributed by atoms with Gasteiger partial charge in [-0.1, -0.05) is 11.6 Å². The highest BCUT2D eigenvalue weighted by atomic mass is 35.5. The average Bonchev–Trinajstić information content (AvgIpc) is 2.61. The van der Waals surface area contributed by atoms with Gasteiger partial charge in [-0.2, -0.15) is 0 Å². The van der Waals surface area contributed by atoms with E-state index in [1.165, 1.54) is 18.4 Å². The number of rotatable bonds is 1. The van der Waals surface area contributed by atoms with Crippen molar-refractivity contribution in [2.75, 3.05) is 6.54 Å². The topological polar surface area (TPSA) is 17.0 Å². The second kappa shape index (κ2) is 3.11. The van der Waals surface area contributed by atoms with Crippen LogP contribution in [0.5, 0.6) is 0 Å². The van der Waals surface area contributed by atoms with Crippen LogP contribution in [0.15, 0.2) is 12.3 Å². The number of nitrogens with zero attached hydrogens (tertiary/aromatic N) is 1. The Balaban J connectivity index is 2.21. The van der Waals surface area contributed by atoms with Crippen LogP contribution in [-0.4, -0.2) is 11.1 Å². The predicted molar refractivity (Wildman–Crippen MR) is 50.4 cm³/mol. The number of hydrogen-bond acceptors (Lipinski definition) is 1. The van der Waals surface area contributed by atoms with Crippen LogP contribution < -0.4 is 5.32 Å². The van der Waals surface area contributed by atoms with Gasteiger partial charge in [0.1, 0.15) is 5.15 Å². The first-order valence-corrected chi connectivity index (χ1v) is 4.70. The van der Waals surface area contributed by atoms with Gasteiger partial charge >= 0.3 is 0 Å². The van der Waals surface area contributed by atoms with Crippen molar-refractivity contribution in [3.63, 3.8) is 0 Å². The molecule has 1 N–H and O–H groups in total. The van der Waals surface area contributed by atoms with Gasteiger partial charge in [0.05, 0.1) is 0 Å². The van der Waals surface area contributed by atoms with E-state index in [2.05, 4.69) is 11.5 Å². The summed E-state index contributed by atoms with van der Waals surface area (Å²) in [5.74, 6) is 0. The fourth-order valence-corrected chi connectivity index (χ4v) is 1.90. The lowest BCUT2D eigenvalue weighted by molar-refractivity contribution is 0.646. The third kappa shape index (κ3) is 1.37. The van der Waals surface area contributed by atoms with Crippen LogP contribution in [-0.2, 0) is 7.05 Å². The summed E-state index contributed by atoms with van der Waals surface area (Å²) in [6.07, 6.45) is 4.61. The molecule has 1 saturated heterocycles. The molecule has 2 heterocycles. The van der Waals surface area contributed by atoms with Crippen molar-refractivity contribution >= 4 is 11.6 Å². The first-order chi connectivity index (χ1) is 5.77. The van der Waals surface area contributed by atoms with Gasteiger partial charge in [0.15, 0.2) is 0 Å². The Morgan fingerprint density at radius 1 is 1.67 bits per heavy atom. The number of aryl methyl sites for hydroxylation is 1. The second-order valence-electron chi connectivity index (χ2n) is 3.36. The molecule has 0 radical (unpaired) electrons. The quantitative estimate of drug-likeness (QED) is 0.708. The minimum Gasteiger partial charge on any atom is -0.342 e. The molecule has 1 aromatic heterocycles. The monoisotopic (exact) mass is 184 g/mol. The summed E-state index contributed by atoms with van der Waals surface area (Å²) in [6.45, 7) is 1.14. The molecule has 1 unspecified atom stereocenters. The van der Waals surface area contributed by atoms with E-state index in [-0.39, 0.29) is 0 Å². The van der Waals surface area contributed by atoms with E-state index in [9.17, 15) is 0 Å². The molecule has 0 spiro atoms. The van der Waals surface area contributed by atoms with Gasteiger partial charge in [-0.15, -0.1) is 0 Å². The Labute approximate surface area is 77.5 Å². The summed E-state index contributed by atoms with van der Waals surface area (Å²) in [6, 6.07) is 2.58. The molecule has 0 amide bonds. The smallest absolute Gasteiger partial charge is 0.108 e. The number of hydrogen-bond donors (Lipinski definition) is 1. The molecular weight excluding hydrogens is 172 g/mol. The second-order valence-corrected chi connectivity index (χ2v) is 3.74.